The molecule has 8 heteroatoms. The zero-order valence-electron chi connectivity index (χ0n) is 10.5. The summed E-state index contributed by atoms with van der Waals surface area (Å²) in [5, 5.41) is 11.5. The van der Waals surface area contributed by atoms with Gasteiger partial charge in [-0.2, -0.15) is 0 Å². The highest BCUT2D eigenvalue weighted by Gasteiger charge is 2.12. The average molecular weight is 396 g/mol. The highest BCUT2D eigenvalue weighted by Crippen LogP contribution is 2.26. The van der Waals surface area contributed by atoms with Gasteiger partial charge in [0.15, 0.2) is 0 Å². The minimum Gasteiger partial charge on any atom is -0.409 e. The summed E-state index contributed by atoms with van der Waals surface area (Å²) in [7, 11) is 1.64. The van der Waals surface area contributed by atoms with Crippen molar-refractivity contribution in [3.8, 4) is 0 Å². The molecule has 0 amide bonds. The number of aromatic nitrogens is 1. The monoisotopic (exact) mass is 394 g/mol. The Hall–Kier alpha value is -0.860. The maximum atomic E-state index is 8.57. The largest absolute Gasteiger partial charge is 0.409 e. The van der Waals surface area contributed by atoms with Gasteiger partial charge in [-0.1, -0.05) is 5.16 Å². The first-order valence-electron chi connectivity index (χ1n) is 5.59. The smallest absolute Gasteiger partial charge is 0.143 e. The zero-order chi connectivity index (χ0) is 14.3. The van der Waals surface area contributed by atoms with Crippen molar-refractivity contribution in [2.75, 3.05) is 31.7 Å². The van der Waals surface area contributed by atoms with Crippen LogP contribution in [0.3, 0.4) is 0 Å². The van der Waals surface area contributed by atoms with Crippen LogP contribution in [-0.4, -0.2) is 42.8 Å². The lowest BCUT2D eigenvalue weighted by atomic mass is 10.3. The van der Waals surface area contributed by atoms with E-state index in [4.69, 9.17) is 15.7 Å². The first-order chi connectivity index (χ1) is 9.08. The SMILES string of the molecule is COCCN(CCC(N)=NO)c1ncc(Br)cc1Br. The molecule has 1 aromatic heterocycles. The summed E-state index contributed by atoms with van der Waals surface area (Å²) in [6, 6.07) is 1.92. The van der Waals surface area contributed by atoms with Gasteiger partial charge in [-0.05, 0) is 37.9 Å². The Morgan fingerprint density at radius 2 is 2.26 bits per heavy atom. The van der Waals surface area contributed by atoms with Gasteiger partial charge in [0.05, 0.1) is 11.1 Å². The van der Waals surface area contributed by atoms with Gasteiger partial charge in [0.1, 0.15) is 11.7 Å². The molecule has 0 unspecified atom stereocenters. The van der Waals surface area contributed by atoms with E-state index in [1.807, 2.05) is 11.0 Å². The first kappa shape index (κ1) is 16.2. The number of hydrogen-bond acceptors (Lipinski definition) is 5. The number of halogens is 2. The number of methoxy groups -OCH3 is 1. The number of nitrogens with zero attached hydrogens (tertiary/aromatic N) is 3. The Labute approximate surface area is 128 Å². The summed E-state index contributed by atoms with van der Waals surface area (Å²) >= 11 is 6.84. The molecule has 0 saturated heterocycles. The number of rotatable bonds is 7. The van der Waals surface area contributed by atoms with Crippen molar-refractivity contribution in [2.24, 2.45) is 10.9 Å². The van der Waals surface area contributed by atoms with E-state index >= 15 is 0 Å². The van der Waals surface area contributed by atoms with Crippen molar-refractivity contribution in [1.29, 1.82) is 0 Å². The molecular formula is C11H16Br2N4O2. The number of oxime groups is 1. The minimum absolute atomic E-state index is 0.190. The van der Waals surface area contributed by atoms with Crippen LogP contribution in [0, 0.1) is 0 Å². The Balaban J connectivity index is 2.82. The second-order valence-electron chi connectivity index (χ2n) is 3.78. The molecule has 0 aromatic carbocycles. The van der Waals surface area contributed by atoms with Crippen LogP contribution < -0.4 is 10.6 Å². The second kappa shape index (κ2) is 8.34. The predicted molar refractivity (Wildman–Crippen MR) is 81.8 cm³/mol. The van der Waals surface area contributed by atoms with Crippen molar-refractivity contribution < 1.29 is 9.94 Å². The third-order valence-corrected chi connectivity index (χ3v) is 3.44. The number of pyridine rings is 1. The van der Waals surface area contributed by atoms with Crippen LogP contribution in [0.15, 0.2) is 26.4 Å². The first-order valence-corrected chi connectivity index (χ1v) is 7.18. The topological polar surface area (TPSA) is 84.0 Å². The lowest BCUT2D eigenvalue weighted by Gasteiger charge is -2.24. The molecule has 0 aliphatic heterocycles. The number of nitrogens with two attached hydrogens (primary N) is 1. The third kappa shape index (κ3) is 5.33. The summed E-state index contributed by atoms with van der Waals surface area (Å²) in [5.74, 6) is 0.988. The number of amidine groups is 1. The molecule has 0 radical (unpaired) electrons. The fraction of sp³-hybridized carbons (Fsp3) is 0.455. The number of hydrogen-bond donors (Lipinski definition) is 2. The zero-order valence-corrected chi connectivity index (χ0v) is 13.7. The molecular weight excluding hydrogens is 380 g/mol. The average Bonchev–Trinajstić information content (AvgIpc) is 2.39. The fourth-order valence-corrected chi connectivity index (χ4v) is 2.70. The minimum atomic E-state index is 0.190. The molecule has 3 N–H and O–H groups in total. The highest BCUT2D eigenvalue weighted by molar-refractivity contribution is 9.11. The van der Waals surface area contributed by atoms with E-state index in [1.54, 1.807) is 13.3 Å². The summed E-state index contributed by atoms with van der Waals surface area (Å²) < 4.78 is 6.85. The Morgan fingerprint density at radius 3 is 2.84 bits per heavy atom. The molecule has 106 valence electrons. The van der Waals surface area contributed by atoms with Crippen LogP contribution in [0.2, 0.25) is 0 Å². The Bertz CT molecular complexity index is 443. The van der Waals surface area contributed by atoms with Crippen molar-refractivity contribution in [3.05, 3.63) is 21.2 Å². The molecule has 1 heterocycles. The van der Waals surface area contributed by atoms with Crippen molar-refractivity contribution in [3.63, 3.8) is 0 Å². The summed E-state index contributed by atoms with van der Waals surface area (Å²) in [5.41, 5.74) is 5.49. The molecule has 6 nitrogen and oxygen atoms in total. The van der Waals surface area contributed by atoms with Gasteiger partial charge in [-0.3, -0.25) is 0 Å². The van der Waals surface area contributed by atoms with Crippen molar-refractivity contribution in [2.45, 2.75) is 6.42 Å². The van der Waals surface area contributed by atoms with Gasteiger partial charge < -0.3 is 20.6 Å². The lowest BCUT2D eigenvalue weighted by molar-refractivity contribution is 0.205. The van der Waals surface area contributed by atoms with Crippen LogP contribution in [-0.2, 0) is 4.74 Å². The molecule has 0 aliphatic carbocycles. The summed E-state index contributed by atoms with van der Waals surface area (Å²) in [4.78, 5) is 6.38. The summed E-state index contributed by atoms with van der Waals surface area (Å²) in [6.45, 7) is 1.83. The van der Waals surface area contributed by atoms with E-state index in [-0.39, 0.29) is 5.84 Å². The highest BCUT2D eigenvalue weighted by atomic mass is 79.9. The van der Waals surface area contributed by atoms with E-state index < -0.39 is 0 Å². The van der Waals surface area contributed by atoms with Gasteiger partial charge in [-0.15, -0.1) is 0 Å². The molecule has 1 rings (SSSR count). The standard InChI is InChI=1S/C11H16Br2N4O2/c1-19-5-4-17(3-2-10(14)16-18)11-9(13)6-8(12)7-15-11/h6-7,18H,2-5H2,1H3,(H2,14,16). The van der Waals surface area contributed by atoms with Crippen LogP contribution >= 0.6 is 31.9 Å². The molecule has 0 aliphatic rings. The van der Waals surface area contributed by atoms with Crippen LogP contribution in [0.5, 0.6) is 0 Å². The maximum absolute atomic E-state index is 8.57. The second-order valence-corrected chi connectivity index (χ2v) is 5.55. The van der Waals surface area contributed by atoms with Gasteiger partial charge in [-0.25, -0.2) is 4.98 Å². The van der Waals surface area contributed by atoms with E-state index in [0.29, 0.717) is 26.1 Å². The molecule has 0 fully saturated rings. The predicted octanol–water partition coefficient (Wildman–Crippen LogP) is 2.20. The van der Waals surface area contributed by atoms with Crippen LogP contribution in [0.4, 0.5) is 5.82 Å². The molecule has 1 aromatic rings. The van der Waals surface area contributed by atoms with Crippen molar-refractivity contribution in [1.82, 2.24) is 4.98 Å². The normalized spacial score (nSPS) is 11.6. The third-order valence-electron chi connectivity index (χ3n) is 2.42. The molecule has 19 heavy (non-hydrogen) atoms. The number of anilines is 1. The van der Waals surface area contributed by atoms with Gasteiger partial charge in [0, 0.05) is 37.3 Å². The maximum Gasteiger partial charge on any atom is 0.143 e. The number of ether oxygens (including phenoxy) is 1. The Morgan fingerprint density at radius 1 is 1.53 bits per heavy atom. The molecule has 0 atom stereocenters. The van der Waals surface area contributed by atoms with Crippen LogP contribution in [0.25, 0.3) is 0 Å². The lowest BCUT2D eigenvalue weighted by Crippen LogP contribution is -2.32. The van der Waals surface area contributed by atoms with Crippen molar-refractivity contribution >= 4 is 43.5 Å². The fourth-order valence-electron chi connectivity index (χ4n) is 1.46. The van der Waals surface area contributed by atoms with Gasteiger partial charge in [0.25, 0.3) is 0 Å². The van der Waals surface area contributed by atoms with Crippen LogP contribution in [0.1, 0.15) is 6.42 Å². The molecule has 0 spiro atoms. The van der Waals surface area contributed by atoms with E-state index in [1.165, 1.54) is 0 Å². The van der Waals surface area contributed by atoms with Gasteiger partial charge >= 0.3 is 0 Å². The summed E-state index contributed by atoms with van der Waals surface area (Å²) in [6.07, 6.45) is 2.17. The Kier molecular flexibility index (Phi) is 7.11. The van der Waals surface area contributed by atoms with E-state index in [9.17, 15) is 0 Å². The quantitative estimate of drug-likeness (QED) is 0.320. The van der Waals surface area contributed by atoms with E-state index in [0.717, 1.165) is 14.8 Å². The van der Waals surface area contributed by atoms with E-state index in [2.05, 4.69) is 42.0 Å². The van der Waals surface area contributed by atoms with Gasteiger partial charge in [0.2, 0.25) is 0 Å². The molecule has 0 bridgehead atoms. The molecule has 0 saturated carbocycles.